The Labute approximate surface area is 160 Å². The number of thioether (sulfide) groups is 1. The summed E-state index contributed by atoms with van der Waals surface area (Å²) in [6, 6.07) is 14.8. The molecule has 27 heavy (non-hydrogen) atoms. The van der Waals surface area contributed by atoms with Crippen molar-refractivity contribution in [3.63, 3.8) is 0 Å². The summed E-state index contributed by atoms with van der Waals surface area (Å²) in [5, 5.41) is 16.9. The first-order valence-electron chi connectivity index (χ1n) is 8.26. The molecule has 3 rings (SSSR count). The summed E-state index contributed by atoms with van der Waals surface area (Å²) >= 11 is 1.20. The molecule has 9 heteroatoms. The maximum Gasteiger partial charge on any atom is 0.240 e. The quantitative estimate of drug-likeness (QED) is 0.493. The van der Waals surface area contributed by atoms with Crippen LogP contribution < -0.4 is 10.7 Å². The summed E-state index contributed by atoms with van der Waals surface area (Å²) in [5.41, 5.74) is 0.746. The maximum absolute atomic E-state index is 13.0. The minimum atomic E-state index is -0.472. The molecule has 8 nitrogen and oxygen atoms in total. The highest BCUT2D eigenvalue weighted by Crippen LogP contribution is 2.27. The summed E-state index contributed by atoms with van der Waals surface area (Å²) < 4.78 is 6.59. The first-order chi connectivity index (χ1) is 13.1. The first-order valence-corrected chi connectivity index (χ1v) is 9.14. The van der Waals surface area contributed by atoms with Gasteiger partial charge in [0.05, 0.1) is 24.0 Å². The van der Waals surface area contributed by atoms with Crippen LogP contribution in [0.25, 0.3) is 11.6 Å². The highest BCUT2D eigenvalue weighted by Gasteiger charge is 2.25. The Morgan fingerprint density at radius 1 is 1.33 bits per heavy atom. The van der Waals surface area contributed by atoms with Crippen molar-refractivity contribution in [3.05, 3.63) is 48.7 Å². The molecule has 2 N–H and O–H groups in total. The van der Waals surface area contributed by atoms with E-state index in [9.17, 15) is 4.79 Å². The van der Waals surface area contributed by atoms with E-state index in [0.717, 1.165) is 5.69 Å². The normalized spacial score (nSPS) is 11.7. The molecule has 1 aromatic carbocycles. The number of anilines is 1. The third kappa shape index (κ3) is 4.12. The highest BCUT2D eigenvalue weighted by atomic mass is 32.2. The average Bonchev–Trinajstić information content (AvgIpc) is 3.33. The van der Waals surface area contributed by atoms with Gasteiger partial charge in [-0.25, -0.2) is 4.68 Å². The molecule has 2 heterocycles. The maximum atomic E-state index is 13.0. The van der Waals surface area contributed by atoms with Crippen molar-refractivity contribution in [2.24, 2.45) is 0 Å². The first kappa shape index (κ1) is 18.5. The molecule has 3 aromatic rings. The number of aromatic nitrogens is 3. The van der Waals surface area contributed by atoms with Gasteiger partial charge in [-0.2, -0.15) is 5.26 Å². The van der Waals surface area contributed by atoms with Crippen LogP contribution >= 0.6 is 11.8 Å². The lowest BCUT2D eigenvalue weighted by Crippen LogP contribution is -2.37. The van der Waals surface area contributed by atoms with Gasteiger partial charge in [0.15, 0.2) is 5.76 Å². The van der Waals surface area contributed by atoms with Crippen molar-refractivity contribution in [1.82, 2.24) is 14.9 Å². The number of hydrogen-bond donors (Lipinski definition) is 1. The molecule has 1 atom stereocenters. The second-order valence-electron chi connectivity index (χ2n) is 5.65. The van der Waals surface area contributed by atoms with Gasteiger partial charge >= 0.3 is 0 Å². The van der Waals surface area contributed by atoms with Crippen LogP contribution in [-0.4, -0.2) is 32.6 Å². The lowest BCUT2D eigenvalue weighted by molar-refractivity contribution is -0.117. The zero-order valence-corrected chi connectivity index (χ0v) is 15.5. The van der Waals surface area contributed by atoms with Gasteiger partial charge in [0.1, 0.15) is 0 Å². The van der Waals surface area contributed by atoms with Gasteiger partial charge in [-0.05, 0) is 31.2 Å². The van der Waals surface area contributed by atoms with Gasteiger partial charge in [0.2, 0.25) is 16.9 Å². The minimum absolute atomic E-state index is 0.135. The summed E-state index contributed by atoms with van der Waals surface area (Å²) in [4.78, 5) is 14.6. The fraction of sp³-hybridized carbons (Fsp3) is 0.222. The Hall–Kier alpha value is -3.25. The van der Waals surface area contributed by atoms with Gasteiger partial charge in [-0.1, -0.05) is 30.0 Å². The van der Waals surface area contributed by atoms with Crippen LogP contribution in [0.3, 0.4) is 0 Å². The molecular weight excluding hydrogens is 364 g/mol. The molecule has 0 aliphatic heterocycles. The molecule has 0 spiro atoms. The number of hydrogen-bond acceptors (Lipinski definition) is 7. The second-order valence-corrected chi connectivity index (χ2v) is 6.96. The number of nitriles is 1. The number of amides is 1. The molecule has 0 bridgehead atoms. The van der Waals surface area contributed by atoms with Gasteiger partial charge in [0, 0.05) is 12.2 Å². The van der Waals surface area contributed by atoms with Gasteiger partial charge in [-0.15, -0.1) is 10.2 Å². The number of carbonyl (C=O) groups excluding carboxylic acids is 1. The van der Waals surface area contributed by atoms with E-state index in [2.05, 4.69) is 16.3 Å². The van der Waals surface area contributed by atoms with Crippen LogP contribution in [-0.2, 0) is 4.79 Å². The lowest BCUT2D eigenvalue weighted by atomic mass is 10.2. The number of furan rings is 1. The van der Waals surface area contributed by atoms with E-state index in [-0.39, 0.29) is 12.3 Å². The Morgan fingerprint density at radius 2 is 2.11 bits per heavy atom. The highest BCUT2D eigenvalue weighted by molar-refractivity contribution is 8.00. The summed E-state index contributed by atoms with van der Waals surface area (Å²) in [6.07, 6.45) is 1.77. The van der Waals surface area contributed by atoms with Crippen molar-refractivity contribution >= 4 is 23.4 Å². The molecule has 1 unspecified atom stereocenters. The van der Waals surface area contributed by atoms with Gasteiger partial charge in [0.25, 0.3) is 0 Å². The third-order valence-electron chi connectivity index (χ3n) is 3.82. The number of para-hydroxylation sites is 1. The van der Waals surface area contributed by atoms with Crippen LogP contribution in [0.2, 0.25) is 0 Å². The Balaban J connectivity index is 1.77. The average molecular weight is 382 g/mol. The van der Waals surface area contributed by atoms with E-state index >= 15 is 0 Å². The molecular formula is C18H18N6O2S. The van der Waals surface area contributed by atoms with E-state index in [1.807, 2.05) is 30.3 Å². The summed E-state index contributed by atoms with van der Waals surface area (Å²) in [6.45, 7) is 2.09. The van der Waals surface area contributed by atoms with Crippen LogP contribution in [0, 0.1) is 11.3 Å². The van der Waals surface area contributed by atoms with E-state index < -0.39 is 5.25 Å². The largest absolute Gasteiger partial charge is 0.461 e. The van der Waals surface area contributed by atoms with E-state index in [1.54, 1.807) is 24.0 Å². The van der Waals surface area contributed by atoms with Crippen molar-refractivity contribution in [3.8, 4) is 17.7 Å². The zero-order valence-electron chi connectivity index (χ0n) is 14.6. The summed E-state index contributed by atoms with van der Waals surface area (Å²) in [7, 11) is 0. The third-order valence-corrected chi connectivity index (χ3v) is 4.86. The predicted octanol–water partition coefficient (Wildman–Crippen LogP) is 2.68. The van der Waals surface area contributed by atoms with Crippen LogP contribution in [0.4, 0.5) is 5.69 Å². The molecule has 138 valence electrons. The molecule has 0 saturated carbocycles. The predicted molar refractivity (Wildman–Crippen MR) is 102 cm³/mol. The number of benzene rings is 1. The fourth-order valence-electron chi connectivity index (χ4n) is 2.50. The number of nitrogen functional groups attached to an aromatic ring is 1. The van der Waals surface area contributed by atoms with Crippen molar-refractivity contribution < 1.29 is 9.21 Å². The molecule has 0 aliphatic rings. The Bertz CT molecular complexity index is 933. The van der Waals surface area contributed by atoms with E-state index in [0.29, 0.717) is 23.3 Å². The van der Waals surface area contributed by atoms with Crippen LogP contribution in [0.1, 0.15) is 13.3 Å². The smallest absolute Gasteiger partial charge is 0.240 e. The number of nitrogens with zero attached hydrogens (tertiary/aromatic N) is 5. The van der Waals surface area contributed by atoms with Crippen LogP contribution in [0.5, 0.6) is 0 Å². The minimum Gasteiger partial charge on any atom is -0.461 e. The molecule has 1 amide bonds. The van der Waals surface area contributed by atoms with E-state index in [4.69, 9.17) is 15.5 Å². The number of nitrogens with two attached hydrogens (primary N) is 1. The monoisotopic (exact) mass is 382 g/mol. The molecule has 0 fully saturated rings. The van der Waals surface area contributed by atoms with Gasteiger partial charge in [-0.3, -0.25) is 4.79 Å². The van der Waals surface area contributed by atoms with Gasteiger partial charge < -0.3 is 15.2 Å². The SMILES string of the molecule is CC(Sc1nnc(-c2ccco2)n1N)C(=O)N(CCC#N)c1ccccc1. The lowest BCUT2D eigenvalue weighted by Gasteiger charge is -2.24. The molecule has 0 aliphatic carbocycles. The Kier molecular flexibility index (Phi) is 5.78. The zero-order chi connectivity index (χ0) is 19.2. The topological polar surface area (TPSA) is 114 Å². The fourth-order valence-corrected chi connectivity index (χ4v) is 3.33. The van der Waals surface area contributed by atoms with E-state index in [1.165, 1.54) is 22.7 Å². The standard InChI is InChI=1S/C18H18N6O2S/c1-13(17(25)23(11-6-10-19)14-7-3-2-4-8-14)27-18-22-21-16(24(18)20)15-9-5-12-26-15/h2-5,7-9,12-13H,6,11,20H2,1H3. The van der Waals surface area contributed by atoms with Crippen molar-refractivity contribution in [2.75, 3.05) is 17.3 Å². The molecule has 0 radical (unpaired) electrons. The molecule has 2 aromatic heterocycles. The number of rotatable bonds is 7. The summed E-state index contributed by atoms with van der Waals surface area (Å²) in [5.74, 6) is 6.80. The Morgan fingerprint density at radius 3 is 2.78 bits per heavy atom. The van der Waals surface area contributed by atoms with Crippen molar-refractivity contribution in [1.29, 1.82) is 5.26 Å². The molecule has 0 saturated heterocycles. The second kappa shape index (κ2) is 8.42. The van der Waals surface area contributed by atoms with Crippen LogP contribution in [0.15, 0.2) is 58.3 Å². The number of carbonyl (C=O) groups is 1. The van der Waals surface area contributed by atoms with Crippen molar-refractivity contribution in [2.45, 2.75) is 23.8 Å².